The molecule has 2 aliphatic heterocycles. The highest BCUT2D eigenvalue weighted by Gasteiger charge is 2.50. The number of nitrogens with one attached hydrogen (secondary N) is 2. The third-order valence-electron chi connectivity index (χ3n) is 5.80. The number of ether oxygens (including phenoxy) is 1. The average molecular weight is 442 g/mol. The zero-order valence-corrected chi connectivity index (χ0v) is 18.9. The van der Waals surface area contributed by atoms with Crippen molar-refractivity contribution in [3.05, 3.63) is 29.4 Å². The van der Waals surface area contributed by atoms with E-state index < -0.39 is 5.60 Å². The van der Waals surface area contributed by atoms with E-state index >= 15 is 0 Å². The normalized spacial score (nSPS) is 22.8. The highest BCUT2D eigenvalue weighted by atomic mass is 32.1. The molecule has 0 aliphatic carbocycles. The van der Waals surface area contributed by atoms with Crippen molar-refractivity contribution in [3.63, 3.8) is 0 Å². The maximum atomic E-state index is 12.7. The van der Waals surface area contributed by atoms with Gasteiger partial charge in [-0.05, 0) is 64.5 Å². The molecule has 3 aromatic heterocycles. The zero-order valence-electron chi connectivity index (χ0n) is 18.1. The standard InChI is InChI=1S/C21H27N7O2S/c1-12-7-9-22-28(12)26-18-17-14(8-10-31-17)23-19(25-18)24-15-11-13-5-6-16(15)27(13)20(29)30-21(2,3)4/h7-10,13,15-16H,5-6,11H2,1-4H3,(H2,23,24,25,26)/t13-,15-,16+/m0/s1. The van der Waals surface area contributed by atoms with Gasteiger partial charge in [0.2, 0.25) is 5.95 Å². The Balaban J connectivity index is 1.38. The third kappa shape index (κ3) is 3.80. The number of nitrogens with zero attached hydrogens (tertiary/aromatic N) is 5. The topological polar surface area (TPSA) is 97.2 Å². The predicted octanol–water partition coefficient (Wildman–Crippen LogP) is 4.02. The van der Waals surface area contributed by atoms with Crippen LogP contribution in [0.5, 0.6) is 0 Å². The Morgan fingerprint density at radius 3 is 2.84 bits per heavy atom. The van der Waals surface area contributed by atoms with Crippen LogP contribution in [-0.4, -0.2) is 54.6 Å². The van der Waals surface area contributed by atoms with Crippen LogP contribution in [0.1, 0.15) is 45.7 Å². The van der Waals surface area contributed by atoms with Crippen LogP contribution in [-0.2, 0) is 4.74 Å². The second-order valence-corrected chi connectivity index (χ2v) is 10.1. The molecule has 0 aromatic carbocycles. The van der Waals surface area contributed by atoms with Crippen LogP contribution in [0.25, 0.3) is 10.2 Å². The lowest BCUT2D eigenvalue weighted by Crippen LogP contribution is -2.42. The summed E-state index contributed by atoms with van der Waals surface area (Å²) in [5, 5.41) is 9.80. The molecule has 1 amide bonds. The Kier molecular flexibility index (Phi) is 4.76. The molecule has 31 heavy (non-hydrogen) atoms. The lowest BCUT2D eigenvalue weighted by atomic mass is 9.96. The summed E-state index contributed by atoms with van der Waals surface area (Å²) in [6, 6.07) is 4.31. The molecule has 5 heterocycles. The van der Waals surface area contributed by atoms with E-state index in [1.54, 1.807) is 22.3 Å². The van der Waals surface area contributed by atoms with Crippen LogP contribution in [0.2, 0.25) is 0 Å². The van der Waals surface area contributed by atoms with Crippen molar-refractivity contribution in [1.29, 1.82) is 0 Å². The summed E-state index contributed by atoms with van der Waals surface area (Å²) >= 11 is 1.59. The van der Waals surface area contributed by atoms with Crippen molar-refractivity contribution >= 4 is 39.4 Å². The van der Waals surface area contributed by atoms with Crippen LogP contribution in [0.3, 0.4) is 0 Å². The predicted molar refractivity (Wildman–Crippen MR) is 120 cm³/mol. The van der Waals surface area contributed by atoms with Crippen molar-refractivity contribution in [1.82, 2.24) is 24.8 Å². The summed E-state index contributed by atoms with van der Waals surface area (Å²) in [6.07, 6.45) is 4.36. The highest BCUT2D eigenvalue weighted by molar-refractivity contribution is 7.17. The molecule has 2 fully saturated rings. The molecule has 3 atom stereocenters. The molecule has 2 aliphatic rings. The molecule has 0 unspecified atom stereocenters. The second-order valence-electron chi connectivity index (χ2n) is 9.20. The van der Waals surface area contributed by atoms with Gasteiger partial charge in [-0.15, -0.1) is 11.3 Å². The van der Waals surface area contributed by atoms with Gasteiger partial charge in [0.25, 0.3) is 0 Å². The van der Waals surface area contributed by atoms with E-state index in [0.717, 1.165) is 35.2 Å². The summed E-state index contributed by atoms with van der Waals surface area (Å²) in [6.45, 7) is 7.68. The summed E-state index contributed by atoms with van der Waals surface area (Å²) in [5.41, 5.74) is 4.64. The molecular weight excluding hydrogens is 414 g/mol. The summed E-state index contributed by atoms with van der Waals surface area (Å²) in [5.74, 6) is 1.27. The number of fused-ring (bicyclic) bond motifs is 3. The number of carbonyl (C=O) groups excluding carboxylic acids is 1. The van der Waals surface area contributed by atoms with Crippen molar-refractivity contribution in [3.8, 4) is 0 Å². The molecular formula is C21H27N7O2S. The molecule has 3 aromatic rings. The van der Waals surface area contributed by atoms with Crippen molar-refractivity contribution in [2.75, 3.05) is 10.7 Å². The molecule has 9 nitrogen and oxygen atoms in total. The van der Waals surface area contributed by atoms with Gasteiger partial charge in [0.1, 0.15) is 5.60 Å². The fourth-order valence-corrected chi connectivity index (χ4v) is 5.27. The van der Waals surface area contributed by atoms with E-state index in [1.807, 2.05) is 50.1 Å². The number of aryl methyl sites for hydroxylation is 1. The Morgan fingerprint density at radius 1 is 1.26 bits per heavy atom. The van der Waals surface area contributed by atoms with E-state index in [2.05, 4.69) is 15.8 Å². The molecule has 0 saturated carbocycles. The van der Waals surface area contributed by atoms with Gasteiger partial charge in [0.15, 0.2) is 5.82 Å². The number of rotatable bonds is 4. The van der Waals surface area contributed by atoms with Gasteiger partial charge in [0, 0.05) is 6.04 Å². The van der Waals surface area contributed by atoms with Gasteiger partial charge in [-0.2, -0.15) is 14.9 Å². The Hall–Kier alpha value is -2.88. The van der Waals surface area contributed by atoms with Gasteiger partial charge in [-0.25, -0.2) is 9.78 Å². The first-order valence-corrected chi connectivity index (χ1v) is 11.5. The Labute approximate surface area is 184 Å². The number of hydrogen-bond donors (Lipinski definition) is 2. The molecule has 0 radical (unpaired) electrons. The van der Waals surface area contributed by atoms with E-state index in [9.17, 15) is 4.79 Å². The largest absolute Gasteiger partial charge is 0.444 e. The first kappa shape index (κ1) is 20.0. The van der Waals surface area contributed by atoms with Crippen LogP contribution in [0, 0.1) is 6.92 Å². The lowest BCUT2D eigenvalue weighted by molar-refractivity contribution is 0.0214. The number of hydrogen-bond acceptors (Lipinski definition) is 8. The first-order chi connectivity index (χ1) is 14.8. The highest BCUT2D eigenvalue weighted by Crippen LogP contribution is 2.40. The number of amides is 1. The van der Waals surface area contributed by atoms with E-state index in [-0.39, 0.29) is 24.2 Å². The number of aromatic nitrogens is 4. The molecule has 10 heteroatoms. The number of carbonyl (C=O) groups is 1. The van der Waals surface area contributed by atoms with Crippen molar-refractivity contribution in [2.24, 2.45) is 0 Å². The third-order valence-corrected chi connectivity index (χ3v) is 6.71. The molecule has 164 valence electrons. The van der Waals surface area contributed by atoms with Crippen LogP contribution in [0.4, 0.5) is 16.6 Å². The maximum absolute atomic E-state index is 12.7. The molecule has 2 bridgehead atoms. The van der Waals surface area contributed by atoms with E-state index in [4.69, 9.17) is 14.7 Å². The fraction of sp³-hybridized carbons (Fsp3) is 0.524. The monoisotopic (exact) mass is 441 g/mol. The average Bonchev–Trinajstić information content (AvgIpc) is 3.45. The van der Waals surface area contributed by atoms with Crippen molar-refractivity contribution < 1.29 is 9.53 Å². The molecule has 0 spiro atoms. The van der Waals surface area contributed by atoms with Gasteiger partial charge < -0.3 is 15.0 Å². The summed E-state index contributed by atoms with van der Waals surface area (Å²) in [4.78, 5) is 25.8. The van der Waals surface area contributed by atoms with Crippen LogP contribution >= 0.6 is 11.3 Å². The number of anilines is 2. The van der Waals surface area contributed by atoms with Gasteiger partial charge in [0.05, 0.1) is 34.2 Å². The van der Waals surface area contributed by atoms with Crippen LogP contribution < -0.4 is 10.7 Å². The van der Waals surface area contributed by atoms with Crippen LogP contribution in [0.15, 0.2) is 23.7 Å². The van der Waals surface area contributed by atoms with E-state index in [1.165, 1.54) is 0 Å². The molecule has 2 N–H and O–H groups in total. The molecule has 2 saturated heterocycles. The second kappa shape index (κ2) is 7.37. The number of thiophene rings is 1. The summed E-state index contributed by atoms with van der Waals surface area (Å²) < 4.78 is 6.62. The van der Waals surface area contributed by atoms with Crippen molar-refractivity contribution in [2.45, 2.75) is 70.7 Å². The van der Waals surface area contributed by atoms with Gasteiger partial charge in [-0.3, -0.25) is 5.43 Å². The minimum atomic E-state index is -0.500. The van der Waals surface area contributed by atoms with Gasteiger partial charge in [-0.1, -0.05) is 0 Å². The Morgan fingerprint density at radius 2 is 2.10 bits per heavy atom. The first-order valence-electron chi connectivity index (χ1n) is 10.6. The minimum absolute atomic E-state index is 0.0893. The zero-order chi connectivity index (χ0) is 21.8. The summed E-state index contributed by atoms with van der Waals surface area (Å²) in [7, 11) is 0. The van der Waals surface area contributed by atoms with E-state index in [0.29, 0.717) is 11.8 Å². The SMILES string of the molecule is Cc1ccnn1Nc1nc(N[C@H]2C[C@@H]3CC[C@H]2N3C(=O)OC(C)(C)C)nc2ccsc12. The lowest BCUT2D eigenvalue weighted by Gasteiger charge is -2.28. The smallest absolute Gasteiger partial charge is 0.410 e. The maximum Gasteiger partial charge on any atom is 0.410 e. The van der Waals surface area contributed by atoms with Gasteiger partial charge >= 0.3 is 6.09 Å². The minimum Gasteiger partial charge on any atom is -0.444 e. The molecule has 5 rings (SSSR count). The Bertz CT molecular complexity index is 1120. The quantitative estimate of drug-likeness (QED) is 0.631. The fourth-order valence-electron chi connectivity index (χ4n) is 4.50.